The molecule has 0 radical (unpaired) electrons. The van der Waals surface area contributed by atoms with Crippen LogP contribution in [0.2, 0.25) is 0 Å². The number of alkyl halides is 2. The van der Waals surface area contributed by atoms with Crippen molar-refractivity contribution in [3.8, 4) is 5.75 Å². The van der Waals surface area contributed by atoms with Crippen molar-refractivity contribution in [2.24, 2.45) is 10.7 Å². The van der Waals surface area contributed by atoms with Gasteiger partial charge in [0, 0.05) is 7.05 Å². The maximum atomic E-state index is 13.8. The molecule has 0 bridgehead atoms. The molecule has 0 saturated carbocycles. The van der Waals surface area contributed by atoms with E-state index in [1.165, 1.54) is 42.3 Å². The summed E-state index contributed by atoms with van der Waals surface area (Å²) in [7, 11) is 1.48. The summed E-state index contributed by atoms with van der Waals surface area (Å²) in [5, 5.41) is 0. The maximum absolute atomic E-state index is 13.8. The first-order chi connectivity index (χ1) is 13.2. The highest BCUT2D eigenvalue weighted by atomic mass is 79.9. The van der Waals surface area contributed by atoms with E-state index in [1.54, 1.807) is 13.0 Å². The zero-order valence-electron chi connectivity index (χ0n) is 15.0. The molecule has 3 rings (SSSR count). The third kappa shape index (κ3) is 3.23. The van der Waals surface area contributed by atoms with E-state index < -0.39 is 23.9 Å². The second-order valence-electron chi connectivity index (χ2n) is 6.23. The first-order valence-electron chi connectivity index (χ1n) is 8.38. The van der Waals surface area contributed by atoms with E-state index in [4.69, 9.17) is 5.73 Å². The van der Waals surface area contributed by atoms with Crippen molar-refractivity contribution in [2.75, 3.05) is 7.05 Å². The van der Waals surface area contributed by atoms with Crippen LogP contribution >= 0.6 is 15.9 Å². The minimum atomic E-state index is -2.97. The van der Waals surface area contributed by atoms with Crippen LogP contribution in [0.1, 0.15) is 23.6 Å². The van der Waals surface area contributed by atoms with Gasteiger partial charge >= 0.3 is 6.61 Å². The SMILES string of the molecule is CCc1cc(C2(c3ccc(F)c(Br)c3)N=C(N)N(C)C2=O)ccc1OC(F)F. The summed E-state index contributed by atoms with van der Waals surface area (Å²) in [5.41, 5.74) is 5.64. The summed E-state index contributed by atoms with van der Waals surface area (Å²) in [5.74, 6) is -0.915. The van der Waals surface area contributed by atoms with Crippen LogP contribution in [0, 0.1) is 5.82 Å². The topological polar surface area (TPSA) is 67.9 Å². The Morgan fingerprint density at radius 2 is 1.89 bits per heavy atom. The Morgan fingerprint density at radius 1 is 1.25 bits per heavy atom. The molecule has 2 aromatic carbocycles. The molecule has 0 aliphatic carbocycles. The van der Waals surface area contributed by atoms with Crippen LogP contribution in [-0.4, -0.2) is 30.4 Å². The Kier molecular flexibility index (Phi) is 5.38. The van der Waals surface area contributed by atoms with E-state index in [9.17, 15) is 18.0 Å². The lowest BCUT2D eigenvalue weighted by Gasteiger charge is -2.27. The average molecular weight is 456 g/mol. The van der Waals surface area contributed by atoms with Gasteiger partial charge in [-0.15, -0.1) is 0 Å². The summed E-state index contributed by atoms with van der Waals surface area (Å²) in [4.78, 5) is 18.8. The Bertz CT molecular complexity index is 967. The van der Waals surface area contributed by atoms with E-state index in [2.05, 4.69) is 25.7 Å². The molecule has 2 aromatic rings. The summed E-state index contributed by atoms with van der Waals surface area (Å²) in [6.45, 7) is -1.19. The number of aryl methyl sites for hydroxylation is 1. The molecule has 1 unspecified atom stereocenters. The fourth-order valence-corrected chi connectivity index (χ4v) is 3.58. The minimum absolute atomic E-state index is 0.00333. The van der Waals surface area contributed by atoms with Crippen molar-refractivity contribution in [2.45, 2.75) is 25.5 Å². The first kappa shape index (κ1) is 20.2. The van der Waals surface area contributed by atoms with Gasteiger partial charge in [0.25, 0.3) is 5.91 Å². The zero-order chi connectivity index (χ0) is 20.6. The van der Waals surface area contributed by atoms with Gasteiger partial charge < -0.3 is 10.5 Å². The normalized spacial score (nSPS) is 19.3. The largest absolute Gasteiger partial charge is 0.435 e. The molecule has 1 atom stereocenters. The second kappa shape index (κ2) is 7.46. The number of carbonyl (C=O) groups excluding carboxylic acids is 1. The van der Waals surface area contributed by atoms with Crippen LogP contribution in [0.5, 0.6) is 5.75 Å². The number of aliphatic imine (C=N–C) groups is 1. The number of nitrogens with zero attached hydrogens (tertiary/aromatic N) is 2. The van der Waals surface area contributed by atoms with E-state index in [1.807, 2.05) is 0 Å². The van der Waals surface area contributed by atoms with Gasteiger partial charge in [-0.3, -0.25) is 9.69 Å². The number of ether oxygens (including phenoxy) is 1. The number of nitrogens with two attached hydrogens (primary N) is 1. The predicted molar refractivity (Wildman–Crippen MR) is 102 cm³/mol. The lowest BCUT2D eigenvalue weighted by molar-refractivity contribution is -0.129. The van der Waals surface area contributed by atoms with Crippen molar-refractivity contribution in [1.82, 2.24) is 4.90 Å². The highest BCUT2D eigenvalue weighted by Gasteiger charge is 2.49. The van der Waals surface area contributed by atoms with Gasteiger partial charge in [-0.05, 0) is 63.3 Å². The van der Waals surface area contributed by atoms with Crippen LogP contribution in [-0.2, 0) is 16.8 Å². The highest BCUT2D eigenvalue weighted by Crippen LogP contribution is 2.42. The van der Waals surface area contributed by atoms with Crippen molar-refractivity contribution < 1.29 is 22.7 Å². The third-order valence-corrected chi connectivity index (χ3v) is 5.26. The number of amides is 1. The standard InChI is InChI=1S/C19H17BrF3N3O2/c1-3-10-8-11(5-7-15(10)28-17(22)23)19(16(27)26(2)18(24)25-19)12-4-6-14(21)13(20)9-12/h4-9,17H,3H2,1-2H3,(H2,24,25). The molecule has 2 N–H and O–H groups in total. The van der Waals surface area contributed by atoms with Gasteiger partial charge in [-0.2, -0.15) is 8.78 Å². The van der Waals surface area contributed by atoms with Crippen molar-refractivity contribution in [3.05, 3.63) is 63.4 Å². The predicted octanol–water partition coefficient (Wildman–Crippen LogP) is 3.78. The molecule has 0 saturated heterocycles. The Labute approximate surface area is 168 Å². The van der Waals surface area contributed by atoms with Crippen LogP contribution in [0.15, 0.2) is 45.9 Å². The van der Waals surface area contributed by atoms with E-state index in [0.717, 1.165) is 0 Å². The molecule has 9 heteroatoms. The molecule has 0 fully saturated rings. The quantitative estimate of drug-likeness (QED) is 0.745. The van der Waals surface area contributed by atoms with Gasteiger partial charge in [-0.1, -0.05) is 19.1 Å². The maximum Gasteiger partial charge on any atom is 0.387 e. The monoisotopic (exact) mass is 455 g/mol. The molecular weight excluding hydrogens is 439 g/mol. The first-order valence-corrected chi connectivity index (χ1v) is 9.17. The van der Waals surface area contributed by atoms with E-state index in [0.29, 0.717) is 23.1 Å². The fraction of sp³-hybridized carbons (Fsp3) is 0.263. The number of likely N-dealkylation sites (N-methyl/N-ethyl adjacent to an activating group) is 1. The molecule has 1 amide bonds. The zero-order valence-corrected chi connectivity index (χ0v) is 16.6. The number of guanidine groups is 1. The summed E-state index contributed by atoms with van der Waals surface area (Å²) in [6, 6.07) is 8.57. The second-order valence-corrected chi connectivity index (χ2v) is 7.08. The molecular formula is C19H17BrF3N3O2. The van der Waals surface area contributed by atoms with E-state index >= 15 is 0 Å². The van der Waals surface area contributed by atoms with Gasteiger partial charge in [-0.25, -0.2) is 9.38 Å². The Morgan fingerprint density at radius 3 is 2.43 bits per heavy atom. The smallest absolute Gasteiger partial charge is 0.387 e. The average Bonchev–Trinajstić information content (AvgIpc) is 2.89. The summed E-state index contributed by atoms with van der Waals surface area (Å²) >= 11 is 3.12. The van der Waals surface area contributed by atoms with Crippen LogP contribution in [0.3, 0.4) is 0 Å². The number of carbonyl (C=O) groups is 1. The van der Waals surface area contributed by atoms with Crippen LogP contribution < -0.4 is 10.5 Å². The van der Waals surface area contributed by atoms with Gasteiger partial charge in [0.1, 0.15) is 11.6 Å². The highest BCUT2D eigenvalue weighted by molar-refractivity contribution is 9.10. The number of hydrogen-bond donors (Lipinski definition) is 1. The number of benzene rings is 2. The van der Waals surface area contributed by atoms with Crippen molar-refractivity contribution in [3.63, 3.8) is 0 Å². The lowest BCUT2D eigenvalue weighted by atomic mass is 9.82. The Hall–Kier alpha value is -2.55. The molecule has 0 aromatic heterocycles. The van der Waals surface area contributed by atoms with Gasteiger partial charge in [0.15, 0.2) is 11.5 Å². The van der Waals surface area contributed by atoms with E-state index in [-0.39, 0.29) is 16.2 Å². The molecule has 1 aliphatic heterocycles. The van der Waals surface area contributed by atoms with Crippen molar-refractivity contribution in [1.29, 1.82) is 0 Å². The minimum Gasteiger partial charge on any atom is -0.435 e. The number of halogens is 4. The Balaban J connectivity index is 2.24. The summed E-state index contributed by atoms with van der Waals surface area (Å²) < 4.78 is 43.8. The number of rotatable bonds is 5. The van der Waals surface area contributed by atoms with Gasteiger partial charge in [0.05, 0.1) is 4.47 Å². The van der Waals surface area contributed by atoms with Gasteiger partial charge in [0.2, 0.25) is 0 Å². The number of hydrogen-bond acceptors (Lipinski definition) is 4. The summed E-state index contributed by atoms with van der Waals surface area (Å²) in [6.07, 6.45) is 0.391. The molecule has 1 heterocycles. The van der Waals surface area contributed by atoms with Crippen molar-refractivity contribution >= 4 is 27.8 Å². The molecule has 0 spiro atoms. The fourth-order valence-electron chi connectivity index (χ4n) is 3.20. The lowest BCUT2D eigenvalue weighted by Crippen LogP contribution is -2.41. The molecule has 28 heavy (non-hydrogen) atoms. The third-order valence-electron chi connectivity index (χ3n) is 4.65. The molecule has 1 aliphatic rings. The van der Waals surface area contributed by atoms with Crippen LogP contribution in [0.25, 0.3) is 0 Å². The molecule has 148 valence electrons. The molecule has 5 nitrogen and oxygen atoms in total. The van der Waals surface area contributed by atoms with Crippen LogP contribution in [0.4, 0.5) is 13.2 Å².